The first-order chi connectivity index (χ1) is 8.72. The largest absolute Gasteiger partial charge is 0.338 e. The molecular weight excluding hydrogens is 236 g/mol. The lowest BCUT2D eigenvalue weighted by atomic mass is 10.2. The van der Waals surface area contributed by atoms with Gasteiger partial charge in [-0.05, 0) is 36.4 Å². The number of nitrogens with one attached hydrogen (secondary N) is 2. The van der Waals surface area contributed by atoms with Crippen molar-refractivity contribution in [3.8, 4) is 0 Å². The lowest BCUT2D eigenvalue weighted by Gasteiger charge is -2.03. The number of anilines is 2. The van der Waals surface area contributed by atoms with Crippen LogP contribution in [-0.2, 0) is 0 Å². The molecule has 0 aliphatic carbocycles. The van der Waals surface area contributed by atoms with Gasteiger partial charge in [0.2, 0.25) is 0 Å². The lowest BCUT2D eigenvalue weighted by molar-refractivity contribution is 0.628. The molecule has 0 aliphatic heterocycles. The zero-order chi connectivity index (χ0) is 12.5. The Kier molecular flexibility index (Phi) is 2.44. The molecule has 0 amide bonds. The third-order valence-corrected chi connectivity index (χ3v) is 2.61. The van der Waals surface area contributed by atoms with Gasteiger partial charge in [-0.15, -0.1) is 0 Å². The second kappa shape index (κ2) is 4.10. The van der Waals surface area contributed by atoms with E-state index in [1.54, 1.807) is 18.2 Å². The van der Waals surface area contributed by atoms with Crippen LogP contribution >= 0.6 is 0 Å². The number of benzene rings is 2. The average molecular weight is 245 g/mol. The third-order valence-electron chi connectivity index (χ3n) is 2.61. The predicted molar refractivity (Wildman–Crippen MR) is 65.7 cm³/mol. The molecule has 3 nitrogen and oxygen atoms in total. The molecule has 2 N–H and O–H groups in total. The lowest BCUT2D eigenvalue weighted by Crippen LogP contribution is -1.91. The maximum atomic E-state index is 13.2. The predicted octanol–water partition coefficient (Wildman–Crippen LogP) is 3.58. The van der Waals surface area contributed by atoms with Crippen molar-refractivity contribution >= 4 is 22.4 Å². The van der Waals surface area contributed by atoms with E-state index in [0.29, 0.717) is 16.9 Å². The number of aromatic nitrogens is 2. The van der Waals surface area contributed by atoms with Crippen LogP contribution in [0.2, 0.25) is 0 Å². The fraction of sp³-hybridized carbons (Fsp3) is 0. The number of H-pyrrole nitrogens is 1. The van der Waals surface area contributed by atoms with Gasteiger partial charge in [-0.1, -0.05) is 6.07 Å². The highest BCUT2D eigenvalue weighted by Crippen LogP contribution is 2.24. The highest BCUT2D eigenvalue weighted by molar-refractivity contribution is 5.91. The van der Waals surface area contributed by atoms with Gasteiger partial charge in [0.05, 0.1) is 5.52 Å². The van der Waals surface area contributed by atoms with Crippen molar-refractivity contribution in [3.63, 3.8) is 0 Å². The molecule has 18 heavy (non-hydrogen) atoms. The first-order valence-electron chi connectivity index (χ1n) is 5.38. The summed E-state index contributed by atoms with van der Waals surface area (Å²) in [5, 5.41) is 10.4. The zero-order valence-electron chi connectivity index (χ0n) is 9.24. The van der Waals surface area contributed by atoms with Crippen molar-refractivity contribution in [1.29, 1.82) is 0 Å². The average Bonchev–Trinajstić information content (AvgIpc) is 2.72. The van der Waals surface area contributed by atoms with Gasteiger partial charge in [0.15, 0.2) is 5.82 Å². The maximum absolute atomic E-state index is 13.2. The zero-order valence-corrected chi connectivity index (χ0v) is 9.24. The molecule has 0 atom stereocenters. The molecule has 0 radical (unpaired) electrons. The van der Waals surface area contributed by atoms with Crippen molar-refractivity contribution in [2.45, 2.75) is 0 Å². The first kappa shape index (κ1) is 10.7. The molecule has 0 fully saturated rings. The SMILES string of the molecule is Fc1cccc(Nc2n[nH]c3ccc(F)cc23)c1. The Bertz CT molecular complexity index is 706. The highest BCUT2D eigenvalue weighted by atomic mass is 19.1. The number of hydrogen-bond donors (Lipinski definition) is 2. The Labute approximate surface area is 101 Å². The molecule has 2 aromatic carbocycles. The van der Waals surface area contributed by atoms with Gasteiger partial charge < -0.3 is 5.32 Å². The van der Waals surface area contributed by atoms with Crippen molar-refractivity contribution in [1.82, 2.24) is 10.2 Å². The summed E-state index contributed by atoms with van der Waals surface area (Å²) in [5.74, 6) is -0.215. The minimum absolute atomic E-state index is 0.341. The maximum Gasteiger partial charge on any atom is 0.160 e. The van der Waals surface area contributed by atoms with E-state index in [-0.39, 0.29) is 11.6 Å². The normalized spacial score (nSPS) is 10.8. The van der Waals surface area contributed by atoms with Crippen molar-refractivity contribution in [2.24, 2.45) is 0 Å². The van der Waals surface area contributed by atoms with Crippen LogP contribution < -0.4 is 5.32 Å². The molecule has 5 heteroatoms. The van der Waals surface area contributed by atoms with Gasteiger partial charge in [0.1, 0.15) is 11.6 Å². The van der Waals surface area contributed by atoms with Gasteiger partial charge in [-0.3, -0.25) is 5.10 Å². The smallest absolute Gasteiger partial charge is 0.160 e. The van der Waals surface area contributed by atoms with Crippen molar-refractivity contribution in [2.75, 3.05) is 5.32 Å². The Morgan fingerprint density at radius 1 is 1.00 bits per heavy atom. The van der Waals surface area contributed by atoms with Gasteiger partial charge >= 0.3 is 0 Å². The summed E-state index contributed by atoms with van der Waals surface area (Å²) < 4.78 is 26.2. The Morgan fingerprint density at radius 3 is 2.67 bits per heavy atom. The van der Waals surface area contributed by atoms with Gasteiger partial charge in [0.25, 0.3) is 0 Å². The van der Waals surface area contributed by atoms with E-state index in [9.17, 15) is 8.78 Å². The van der Waals surface area contributed by atoms with Crippen LogP contribution in [0, 0.1) is 11.6 Å². The number of halogens is 2. The summed E-state index contributed by atoms with van der Waals surface area (Å²) in [6.45, 7) is 0. The van der Waals surface area contributed by atoms with Gasteiger partial charge in [-0.25, -0.2) is 8.78 Å². The molecule has 0 unspecified atom stereocenters. The van der Waals surface area contributed by atoms with Crippen LogP contribution in [0.15, 0.2) is 42.5 Å². The summed E-state index contributed by atoms with van der Waals surface area (Å²) in [5.41, 5.74) is 1.28. The molecule has 1 aromatic heterocycles. The monoisotopic (exact) mass is 245 g/mol. The molecular formula is C13H9F2N3. The molecule has 3 aromatic rings. The van der Waals surface area contributed by atoms with E-state index >= 15 is 0 Å². The molecule has 0 aliphatic rings. The molecule has 3 rings (SSSR count). The summed E-state index contributed by atoms with van der Waals surface area (Å²) in [6.07, 6.45) is 0. The molecule has 0 saturated heterocycles. The summed E-state index contributed by atoms with van der Waals surface area (Å²) in [6, 6.07) is 10.3. The summed E-state index contributed by atoms with van der Waals surface area (Å²) >= 11 is 0. The number of rotatable bonds is 2. The molecule has 0 spiro atoms. The van der Waals surface area contributed by atoms with Crippen LogP contribution in [0.4, 0.5) is 20.3 Å². The van der Waals surface area contributed by atoms with Crippen LogP contribution in [0.3, 0.4) is 0 Å². The Balaban J connectivity index is 2.02. The van der Waals surface area contributed by atoms with E-state index in [4.69, 9.17) is 0 Å². The second-order valence-corrected chi connectivity index (χ2v) is 3.90. The number of nitrogens with zero attached hydrogens (tertiary/aromatic N) is 1. The fourth-order valence-electron chi connectivity index (χ4n) is 1.78. The Morgan fingerprint density at radius 2 is 1.83 bits per heavy atom. The number of fused-ring (bicyclic) bond motifs is 1. The van der Waals surface area contributed by atoms with Crippen LogP contribution in [0.1, 0.15) is 0 Å². The first-order valence-corrected chi connectivity index (χ1v) is 5.38. The van der Waals surface area contributed by atoms with E-state index in [1.807, 2.05) is 0 Å². The van der Waals surface area contributed by atoms with Gasteiger partial charge in [-0.2, -0.15) is 5.10 Å². The number of hydrogen-bond acceptors (Lipinski definition) is 2. The quantitative estimate of drug-likeness (QED) is 0.724. The molecule has 0 bridgehead atoms. The minimum Gasteiger partial charge on any atom is -0.338 e. The van der Waals surface area contributed by atoms with Crippen LogP contribution in [-0.4, -0.2) is 10.2 Å². The summed E-state index contributed by atoms with van der Waals surface area (Å²) in [7, 11) is 0. The van der Waals surface area contributed by atoms with Crippen LogP contribution in [0.5, 0.6) is 0 Å². The van der Waals surface area contributed by atoms with Crippen molar-refractivity contribution < 1.29 is 8.78 Å². The van der Waals surface area contributed by atoms with E-state index in [2.05, 4.69) is 15.5 Å². The molecule has 1 heterocycles. The Hall–Kier alpha value is -2.43. The molecule has 0 saturated carbocycles. The highest BCUT2D eigenvalue weighted by Gasteiger charge is 2.07. The van der Waals surface area contributed by atoms with Crippen molar-refractivity contribution in [3.05, 3.63) is 54.1 Å². The van der Waals surface area contributed by atoms with E-state index in [1.165, 1.54) is 24.3 Å². The standard InChI is InChI=1S/C13H9F2N3/c14-8-2-1-3-10(6-8)16-13-11-7-9(15)4-5-12(11)17-18-13/h1-7H,(H2,16,17,18). The minimum atomic E-state index is -0.342. The summed E-state index contributed by atoms with van der Waals surface area (Å²) in [4.78, 5) is 0. The second-order valence-electron chi connectivity index (χ2n) is 3.90. The van der Waals surface area contributed by atoms with E-state index < -0.39 is 0 Å². The van der Waals surface area contributed by atoms with Crippen LogP contribution in [0.25, 0.3) is 10.9 Å². The number of aromatic amines is 1. The molecule has 90 valence electrons. The fourth-order valence-corrected chi connectivity index (χ4v) is 1.78. The topological polar surface area (TPSA) is 40.7 Å². The van der Waals surface area contributed by atoms with E-state index in [0.717, 1.165) is 5.52 Å². The third kappa shape index (κ3) is 1.90. The van der Waals surface area contributed by atoms with Gasteiger partial charge in [0, 0.05) is 11.1 Å².